The average molecular weight is 313 g/mol. The molecule has 1 amide bonds. The topological polar surface area (TPSA) is 32.3 Å². The zero-order valence-electron chi connectivity index (χ0n) is 12.7. The molecule has 1 aliphatic rings. The average Bonchev–Trinajstić information content (AvgIpc) is 3.14. The van der Waals surface area contributed by atoms with Crippen LogP contribution in [0.4, 0.5) is 4.39 Å². The van der Waals surface area contributed by atoms with E-state index in [1.807, 2.05) is 25.7 Å². The van der Waals surface area contributed by atoms with Crippen molar-refractivity contribution < 1.29 is 9.18 Å². The van der Waals surface area contributed by atoms with E-state index < -0.39 is 0 Å². The molecule has 1 fully saturated rings. The van der Waals surface area contributed by atoms with Crippen LogP contribution in [-0.4, -0.2) is 28.9 Å². The largest absolute Gasteiger partial charge is 0.350 e. The number of carbonyl (C=O) groups is 1. The van der Waals surface area contributed by atoms with Crippen molar-refractivity contribution in [2.45, 2.75) is 51.7 Å². The fraction of sp³-hybridized carbons (Fsp3) is 0.562. The molecule has 116 valence electrons. The first-order chi connectivity index (χ1) is 9.76. The number of hydrogen-bond donors (Lipinski definition) is 1. The normalized spacial score (nSPS) is 15.3. The Labute approximate surface area is 130 Å². The van der Waals surface area contributed by atoms with Crippen molar-refractivity contribution in [2.24, 2.45) is 0 Å². The second kappa shape index (κ2) is 6.32. The van der Waals surface area contributed by atoms with Gasteiger partial charge in [0.15, 0.2) is 0 Å². The number of rotatable bonds is 5. The van der Waals surface area contributed by atoms with Crippen LogP contribution in [-0.2, 0) is 11.3 Å². The Balaban J connectivity index is 2.05. The zero-order valence-corrected chi connectivity index (χ0v) is 13.5. The van der Waals surface area contributed by atoms with Crippen LogP contribution >= 0.6 is 11.6 Å². The number of carbonyl (C=O) groups excluding carboxylic acids is 1. The smallest absolute Gasteiger partial charge is 0.234 e. The highest BCUT2D eigenvalue weighted by molar-refractivity contribution is 6.31. The molecule has 1 aromatic carbocycles. The third-order valence-corrected chi connectivity index (χ3v) is 3.70. The number of benzene rings is 1. The molecule has 1 saturated carbocycles. The summed E-state index contributed by atoms with van der Waals surface area (Å²) in [6.07, 6.45) is 2.10. The first-order valence-corrected chi connectivity index (χ1v) is 7.62. The highest BCUT2D eigenvalue weighted by atomic mass is 35.5. The number of halogens is 2. The van der Waals surface area contributed by atoms with Crippen LogP contribution in [0.1, 0.15) is 39.2 Å². The van der Waals surface area contributed by atoms with E-state index in [9.17, 15) is 9.18 Å². The lowest BCUT2D eigenvalue weighted by Crippen LogP contribution is -2.46. The van der Waals surface area contributed by atoms with Crippen molar-refractivity contribution in [3.63, 3.8) is 0 Å². The first-order valence-electron chi connectivity index (χ1n) is 7.24. The molecular weight excluding hydrogens is 291 g/mol. The van der Waals surface area contributed by atoms with Crippen LogP contribution < -0.4 is 5.32 Å². The highest BCUT2D eigenvalue weighted by Gasteiger charge is 2.31. The number of nitrogens with zero attached hydrogens (tertiary/aromatic N) is 1. The van der Waals surface area contributed by atoms with Gasteiger partial charge in [0.05, 0.1) is 6.54 Å². The summed E-state index contributed by atoms with van der Waals surface area (Å²) in [5, 5.41) is 3.35. The van der Waals surface area contributed by atoms with Crippen molar-refractivity contribution in [1.29, 1.82) is 0 Å². The molecule has 3 nitrogen and oxygen atoms in total. The maximum atomic E-state index is 13.9. The monoisotopic (exact) mass is 312 g/mol. The molecule has 0 radical (unpaired) electrons. The van der Waals surface area contributed by atoms with Crippen LogP contribution in [0.3, 0.4) is 0 Å². The van der Waals surface area contributed by atoms with Gasteiger partial charge in [0.1, 0.15) is 5.82 Å². The third-order valence-electron chi connectivity index (χ3n) is 3.35. The fourth-order valence-electron chi connectivity index (χ4n) is 2.28. The fourth-order valence-corrected chi connectivity index (χ4v) is 2.51. The van der Waals surface area contributed by atoms with E-state index in [0.717, 1.165) is 12.8 Å². The lowest BCUT2D eigenvalue weighted by molar-refractivity contribution is -0.123. The molecule has 5 heteroatoms. The summed E-state index contributed by atoms with van der Waals surface area (Å²) in [7, 11) is 0. The van der Waals surface area contributed by atoms with Crippen LogP contribution in [0.2, 0.25) is 5.02 Å². The first kappa shape index (κ1) is 16.2. The molecule has 21 heavy (non-hydrogen) atoms. The zero-order chi connectivity index (χ0) is 15.6. The third kappa shape index (κ3) is 4.97. The molecule has 0 aliphatic heterocycles. The summed E-state index contributed by atoms with van der Waals surface area (Å²) in [4.78, 5) is 14.1. The predicted octanol–water partition coefficient (Wildman–Crippen LogP) is 3.36. The minimum Gasteiger partial charge on any atom is -0.350 e. The summed E-state index contributed by atoms with van der Waals surface area (Å²) in [6.45, 7) is 6.47. The molecule has 2 rings (SSSR count). The van der Waals surface area contributed by atoms with E-state index in [0.29, 0.717) is 23.2 Å². The van der Waals surface area contributed by atoms with Crippen molar-refractivity contribution >= 4 is 17.5 Å². The number of hydrogen-bond acceptors (Lipinski definition) is 2. The van der Waals surface area contributed by atoms with Crippen molar-refractivity contribution in [3.05, 3.63) is 34.6 Å². The maximum absolute atomic E-state index is 13.9. The Morgan fingerprint density at radius 1 is 1.43 bits per heavy atom. The summed E-state index contributed by atoms with van der Waals surface area (Å²) in [6, 6.07) is 5.03. The molecule has 0 bridgehead atoms. The second-order valence-corrected chi connectivity index (χ2v) is 7.04. The van der Waals surface area contributed by atoms with Gasteiger partial charge in [0.2, 0.25) is 5.91 Å². The van der Waals surface area contributed by atoms with Gasteiger partial charge in [-0.3, -0.25) is 9.69 Å². The molecule has 1 N–H and O–H groups in total. The van der Waals surface area contributed by atoms with E-state index >= 15 is 0 Å². The Hall–Kier alpha value is -1.13. The summed E-state index contributed by atoms with van der Waals surface area (Å²) in [5.74, 6) is -0.355. The second-order valence-electron chi connectivity index (χ2n) is 6.63. The molecule has 1 aromatic rings. The SMILES string of the molecule is CC(C)(C)NC(=O)CN(Cc1c(F)cccc1Cl)C1CC1. The van der Waals surface area contributed by atoms with Gasteiger partial charge < -0.3 is 5.32 Å². The van der Waals surface area contributed by atoms with E-state index in [1.54, 1.807) is 12.1 Å². The number of amides is 1. The standard InChI is InChI=1S/C16H22ClFN2O/c1-16(2,3)19-15(21)10-20(11-7-8-11)9-12-13(17)5-4-6-14(12)18/h4-6,11H,7-10H2,1-3H3,(H,19,21). The predicted molar refractivity (Wildman–Crippen MR) is 82.7 cm³/mol. The molecule has 1 aliphatic carbocycles. The van der Waals surface area contributed by atoms with Gasteiger partial charge >= 0.3 is 0 Å². The summed E-state index contributed by atoms with van der Waals surface area (Å²) >= 11 is 6.07. The summed E-state index contributed by atoms with van der Waals surface area (Å²) < 4.78 is 13.9. The van der Waals surface area contributed by atoms with E-state index in [4.69, 9.17) is 11.6 Å². The lowest BCUT2D eigenvalue weighted by atomic mass is 10.1. The van der Waals surface area contributed by atoms with Crippen molar-refractivity contribution in [1.82, 2.24) is 10.2 Å². The molecule has 0 heterocycles. The van der Waals surface area contributed by atoms with E-state index in [2.05, 4.69) is 5.32 Å². The van der Waals surface area contributed by atoms with Gasteiger partial charge in [-0.1, -0.05) is 17.7 Å². The van der Waals surface area contributed by atoms with Crippen molar-refractivity contribution in [3.8, 4) is 0 Å². The Kier molecular flexibility index (Phi) is 4.89. The number of nitrogens with one attached hydrogen (secondary N) is 1. The lowest BCUT2D eigenvalue weighted by Gasteiger charge is -2.26. The van der Waals surface area contributed by atoms with Crippen LogP contribution in [0.15, 0.2) is 18.2 Å². The highest BCUT2D eigenvalue weighted by Crippen LogP contribution is 2.30. The Morgan fingerprint density at radius 2 is 2.10 bits per heavy atom. The Bertz CT molecular complexity index is 503. The minimum atomic E-state index is -0.315. The summed E-state index contributed by atoms with van der Waals surface area (Å²) in [5.41, 5.74) is 0.205. The van der Waals surface area contributed by atoms with Gasteiger partial charge in [-0.05, 0) is 45.7 Å². The van der Waals surface area contributed by atoms with Gasteiger partial charge in [0, 0.05) is 28.7 Å². The molecule has 0 unspecified atom stereocenters. The van der Waals surface area contributed by atoms with E-state index in [-0.39, 0.29) is 23.8 Å². The van der Waals surface area contributed by atoms with Crippen LogP contribution in [0.25, 0.3) is 0 Å². The molecule has 0 spiro atoms. The van der Waals surface area contributed by atoms with Gasteiger partial charge in [-0.2, -0.15) is 0 Å². The molecule has 0 aromatic heterocycles. The van der Waals surface area contributed by atoms with Gasteiger partial charge in [0.25, 0.3) is 0 Å². The quantitative estimate of drug-likeness (QED) is 0.904. The molecular formula is C16H22ClFN2O. The van der Waals surface area contributed by atoms with Gasteiger partial charge in [-0.15, -0.1) is 0 Å². The van der Waals surface area contributed by atoms with E-state index in [1.165, 1.54) is 6.07 Å². The van der Waals surface area contributed by atoms with Crippen molar-refractivity contribution in [2.75, 3.05) is 6.54 Å². The van der Waals surface area contributed by atoms with Crippen LogP contribution in [0.5, 0.6) is 0 Å². The van der Waals surface area contributed by atoms with Gasteiger partial charge in [-0.25, -0.2) is 4.39 Å². The molecule has 0 saturated heterocycles. The van der Waals surface area contributed by atoms with Crippen LogP contribution in [0, 0.1) is 5.82 Å². The maximum Gasteiger partial charge on any atom is 0.234 e. The minimum absolute atomic E-state index is 0.0399. The molecule has 0 atom stereocenters. The Morgan fingerprint density at radius 3 is 2.62 bits per heavy atom.